The highest BCUT2D eigenvalue weighted by atomic mass is 19.4. The number of hydrogen-bond acceptors (Lipinski definition) is 6. The minimum Gasteiger partial charge on any atom is -0.475 e. The zero-order valence-electron chi connectivity index (χ0n) is 27.1. The molecule has 1 N–H and O–H groups in total. The van der Waals surface area contributed by atoms with Crippen molar-refractivity contribution in [1.29, 1.82) is 0 Å². The number of allylic oxidation sites excluding steroid dienone is 1. The van der Waals surface area contributed by atoms with Crippen LogP contribution < -0.4 is 10.1 Å². The fraction of sp³-hybridized carbons (Fsp3) is 0.417. The Morgan fingerprint density at radius 2 is 1.77 bits per heavy atom. The van der Waals surface area contributed by atoms with Gasteiger partial charge in [-0.05, 0) is 93.3 Å². The number of carbonyl (C=O) groups excluding carboxylic acids is 1. The highest BCUT2D eigenvalue weighted by Gasteiger charge is 2.46. The summed E-state index contributed by atoms with van der Waals surface area (Å²) in [5.41, 5.74) is 0.688. The zero-order chi connectivity index (χ0) is 34.1. The summed E-state index contributed by atoms with van der Waals surface area (Å²) in [5.74, 6) is -0.490. The number of alkyl halides is 3. The third-order valence-electron chi connectivity index (χ3n) is 8.32. The van der Waals surface area contributed by atoms with Gasteiger partial charge < -0.3 is 19.5 Å². The van der Waals surface area contributed by atoms with E-state index in [0.29, 0.717) is 48.1 Å². The van der Waals surface area contributed by atoms with E-state index in [2.05, 4.69) is 15.4 Å². The van der Waals surface area contributed by atoms with E-state index < -0.39 is 42.0 Å². The van der Waals surface area contributed by atoms with Crippen LogP contribution in [0.1, 0.15) is 82.2 Å². The SMILES string of the molecule is CC(C)(C)OC(=O)NC1(COc2ccc(/C(=C(/CC(F)(F)F)c3ccccc3)c3ccc4c(c3)c(F)nn4C3CCCCO3)cn2)CC1. The molecule has 1 aliphatic heterocycles. The zero-order valence-corrected chi connectivity index (χ0v) is 27.1. The molecule has 0 bridgehead atoms. The van der Waals surface area contributed by atoms with E-state index in [-0.39, 0.29) is 29.0 Å². The molecule has 1 saturated carbocycles. The van der Waals surface area contributed by atoms with Gasteiger partial charge in [0.1, 0.15) is 12.2 Å². The molecule has 8 nitrogen and oxygen atoms in total. The number of rotatable bonds is 9. The van der Waals surface area contributed by atoms with Crippen LogP contribution in [0.5, 0.6) is 5.88 Å². The van der Waals surface area contributed by atoms with Crippen LogP contribution in [0.2, 0.25) is 0 Å². The molecule has 1 amide bonds. The molecule has 1 aliphatic carbocycles. The normalized spacial score (nSPS) is 18.3. The average molecular weight is 667 g/mol. The van der Waals surface area contributed by atoms with Crippen LogP contribution >= 0.6 is 0 Å². The molecule has 254 valence electrons. The van der Waals surface area contributed by atoms with Crippen LogP contribution in [0, 0.1) is 5.95 Å². The van der Waals surface area contributed by atoms with E-state index in [0.717, 1.165) is 12.8 Å². The van der Waals surface area contributed by atoms with Gasteiger partial charge in [-0.15, -0.1) is 5.10 Å². The third-order valence-corrected chi connectivity index (χ3v) is 8.32. The molecule has 0 radical (unpaired) electrons. The second-order valence-electron chi connectivity index (χ2n) is 13.4. The first-order valence-electron chi connectivity index (χ1n) is 16.0. The maximum atomic E-state index is 15.4. The van der Waals surface area contributed by atoms with Crippen LogP contribution in [0.4, 0.5) is 22.4 Å². The van der Waals surface area contributed by atoms with Gasteiger partial charge in [-0.25, -0.2) is 14.5 Å². The number of ether oxygens (including phenoxy) is 3. The highest BCUT2D eigenvalue weighted by molar-refractivity contribution is 6.00. The van der Waals surface area contributed by atoms with Crippen LogP contribution in [0.25, 0.3) is 22.0 Å². The first-order valence-corrected chi connectivity index (χ1v) is 16.0. The lowest BCUT2D eigenvalue weighted by Crippen LogP contribution is -2.44. The maximum Gasteiger partial charge on any atom is 0.408 e. The van der Waals surface area contributed by atoms with E-state index in [4.69, 9.17) is 14.2 Å². The number of aromatic nitrogens is 3. The van der Waals surface area contributed by atoms with Crippen molar-refractivity contribution in [3.8, 4) is 5.88 Å². The third kappa shape index (κ3) is 7.98. The first-order chi connectivity index (χ1) is 22.8. The lowest BCUT2D eigenvalue weighted by atomic mass is 9.88. The molecule has 1 unspecified atom stereocenters. The lowest BCUT2D eigenvalue weighted by molar-refractivity contribution is -0.122. The van der Waals surface area contributed by atoms with Crippen LogP contribution in [-0.2, 0) is 9.47 Å². The quantitative estimate of drug-likeness (QED) is 0.142. The molecule has 0 spiro atoms. The van der Waals surface area contributed by atoms with Crippen LogP contribution in [0.15, 0.2) is 66.9 Å². The Kier molecular flexibility index (Phi) is 9.21. The van der Waals surface area contributed by atoms with E-state index >= 15 is 4.39 Å². The molecule has 6 rings (SSSR count). The number of pyridine rings is 1. The molecule has 12 heteroatoms. The van der Waals surface area contributed by atoms with Crippen molar-refractivity contribution >= 4 is 28.1 Å². The van der Waals surface area contributed by atoms with Gasteiger partial charge in [0.2, 0.25) is 11.8 Å². The summed E-state index contributed by atoms with van der Waals surface area (Å²) in [6.07, 6.45) is -1.33. The molecule has 2 aliphatic rings. The minimum atomic E-state index is -4.54. The van der Waals surface area contributed by atoms with Crippen molar-refractivity contribution in [3.05, 3.63) is 89.5 Å². The number of hydrogen-bond donors (Lipinski definition) is 1. The van der Waals surface area contributed by atoms with Gasteiger partial charge in [0, 0.05) is 24.4 Å². The maximum absolute atomic E-state index is 15.4. The predicted octanol–water partition coefficient (Wildman–Crippen LogP) is 8.62. The predicted molar refractivity (Wildman–Crippen MR) is 173 cm³/mol. The number of benzene rings is 2. The van der Waals surface area contributed by atoms with Crippen molar-refractivity contribution in [1.82, 2.24) is 20.1 Å². The van der Waals surface area contributed by atoms with Gasteiger partial charge in [-0.1, -0.05) is 36.4 Å². The first kappa shape index (κ1) is 33.5. The van der Waals surface area contributed by atoms with Crippen molar-refractivity contribution in [2.24, 2.45) is 0 Å². The van der Waals surface area contributed by atoms with Gasteiger partial charge in [0.05, 0.1) is 22.9 Å². The summed E-state index contributed by atoms with van der Waals surface area (Å²) in [6.45, 7) is 6.04. The average Bonchev–Trinajstić information content (AvgIpc) is 3.72. The summed E-state index contributed by atoms with van der Waals surface area (Å²) in [6, 6.07) is 16.4. The largest absolute Gasteiger partial charge is 0.475 e. The molecule has 2 aromatic carbocycles. The van der Waals surface area contributed by atoms with E-state index in [1.807, 2.05) is 0 Å². The van der Waals surface area contributed by atoms with E-state index in [9.17, 15) is 18.0 Å². The number of alkyl carbamates (subject to hydrolysis) is 1. The Hall–Kier alpha value is -4.45. The summed E-state index contributed by atoms with van der Waals surface area (Å²) in [5, 5.41) is 7.16. The Morgan fingerprint density at radius 3 is 2.40 bits per heavy atom. The van der Waals surface area contributed by atoms with Gasteiger partial charge in [-0.2, -0.15) is 17.6 Å². The van der Waals surface area contributed by atoms with Gasteiger partial charge >= 0.3 is 12.3 Å². The van der Waals surface area contributed by atoms with Crippen LogP contribution in [0.3, 0.4) is 0 Å². The Bertz CT molecular complexity index is 1790. The van der Waals surface area contributed by atoms with Crippen molar-refractivity contribution in [2.75, 3.05) is 13.2 Å². The second-order valence-corrected chi connectivity index (χ2v) is 13.4. The number of nitrogens with one attached hydrogen (secondary N) is 1. The second kappa shape index (κ2) is 13.2. The lowest BCUT2D eigenvalue weighted by Gasteiger charge is -2.23. The Morgan fingerprint density at radius 1 is 1.02 bits per heavy atom. The van der Waals surface area contributed by atoms with Gasteiger partial charge in [-0.3, -0.25) is 0 Å². The fourth-order valence-corrected chi connectivity index (χ4v) is 5.89. The van der Waals surface area contributed by atoms with Gasteiger partial charge in [0.15, 0.2) is 6.23 Å². The molecule has 2 fully saturated rings. The molecule has 2 aromatic heterocycles. The van der Waals surface area contributed by atoms with Crippen LogP contribution in [-0.4, -0.2) is 51.4 Å². The molecule has 1 saturated heterocycles. The number of nitrogens with zero attached hydrogens (tertiary/aromatic N) is 3. The summed E-state index contributed by atoms with van der Waals surface area (Å²) in [7, 11) is 0. The number of carbonyl (C=O) groups is 1. The van der Waals surface area contributed by atoms with E-state index in [1.54, 1.807) is 75.4 Å². The van der Waals surface area contributed by atoms with Crippen molar-refractivity contribution in [3.63, 3.8) is 0 Å². The number of halogens is 4. The van der Waals surface area contributed by atoms with E-state index in [1.165, 1.54) is 16.9 Å². The van der Waals surface area contributed by atoms with Crippen molar-refractivity contribution < 1.29 is 36.6 Å². The van der Waals surface area contributed by atoms with Gasteiger partial charge in [0.25, 0.3) is 0 Å². The fourth-order valence-electron chi connectivity index (χ4n) is 5.89. The standard InChI is InChI=1S/C36H38F4N4O4/c1-34(2,3)48-33(45)42-35(16-17-35)22-47-29-15-13-25(21-41-29)31(27(20-36(38,39)40)23-9-5-4-6-10-23)24-12-14-28-26(19-24)32(37)43-44(28)30-11-7-8-18-46-30/h4-6,9-10,12-15,19,21,30H,7-8,11,16-18,20,22H2,1-3H3,(H,42,45)/b31-27-. The Balaban J connectivity index is 1.36. The topological polar surface area (TPSA) is 87.5 Å². The molecule has 3 heterocycles. The highest BCUT2D eigenvalue weighted by Crippen LogP contribution is 2.41. The monoisotopic (exact) mass is 666 g/mol. The summed E-state index contributed by atoms with van der Waals surface area (Å²) >= 11 is 0. The smallest absolute Gasteiger partial charge is 0.408 e. The molecule has 48 heavy (non-hydrogen) atoms. The number of fused-ring (bicyclic) bond motifs is 1. The molecule has 4 aromatic rings. The van der Waals surface area contributed by atoms with Crippen molar-refractivity contribution in [2.45, 2.75) is 82.8 Å². The molecule has 1 atom stereocenters. The summed E-state index contributed by atoms with van der Waals surface area (Å²) in [4.78, 5) is 16.7. The Labute approximate surface area is 276 Å². The summed E-state index contributed by atoms with van der Waals surface area (Å²) < 4.78 is 76.5. The molecular formula is C36H38F4N4O4. The molecular weight excluding hydrogens is 628 g/mol. The number of amides is 1. The minimum absolute atomic E-state index is 0.0137.